The number of aromatic nitrogens is 5. The molecule has 0 unspecified atom stereocenters. The van der Waals surface area contributed by atoms with E-state index in [4.69, 9.17) is 23.9 Å². The van der Waals surface area contributed by atoms with Crippen LogP contribution in [0.5, 0.6) is 5.75 Å². The van der Waals surface area contributed by atoms with Crippen molar-refractivity contribution in [2.24, 2.45) is 0 Å². The van der Waals surface area contributed by atoms with Gasteiger partial charge in [0, 0.05) is 23.1 Å². The van der Waals surface area contributed by atoms with Crippen LogP contribution in [0.2, 0.25) is 0 Å². The molecule has 6 heterocycles. The van der Waals surface area contributed by atoms with Gasteiger partial charge in [0.25, 0.3) is 5.56 Å². The Labute approximate surface area is 295 Å². The lowest BCUT2D eigenvalue weighted by atomic mass is 9.86. The summed E-state index contributed by atoms with van der Waals surface area (Å²) in [5.74, 6) is -0.507. The van der Waals surface area contributed by atoms with Crippen molar-refractivity contribution in [1.29, 1.82) is 0 Å². The number of fused-ring (bicyclic) bond motifs is 5. The first-order valence-electron chi connectivity index (χ1n) is 16.9. The number of rotatable bonds is 10. The van der Waals surface area contributed by atoms with E-state index >= 15 is 0 Å². The number of nitrogens with one attached hydrogen (secondary N) is 1. The zero-order chi connectivity index (χ0) is 36.9. The van der Waals surface area contributed by atoms with Crippen LogP contribution in [0.4, 0.5) is 4.79 Å². The van der Waals surface area contributed by atoms with Crippen LogP contribution in [-0.2, 0) is 50.8 Å². The summed E-state index contributed by atoms with van der Waals surface area (Å²) in [6.07, 6.45) is -5.50. The highest BCUT2D eigenvalue weighted by molar-refractivity contribution is 5.90. The summed E-state index contributed by atoms with van der Waals surface area (Å²) in [5, 5.41) is 62.0. The fourth-order valence-electron chi connectivity index (χ4n) is 6.96. The van der Waals surface area contributed by atoms with E-state index in [1.807, 2.05) is 6.92 Å². The van der Waals surface area contributed by atoms with Gasteiger partial charge in [-0.15, -0.1) is 5.10 Å². The third-order valence-corrected chi connectivity index (χ3v) is 9.79. The molecule has 276 valence electrons. The van der Waals surface area contributed by atoms with Gasteiger partial charge in [0.1, 0.15) is 42.5 Å². The molecule has 0 saturated carbocycles. The maximum Gasteiger partial charge on any atom is 0.412 e. The van der Waals surface area contributed by atoms with Gasteiger partial charge < -0.3 is 54.4 Å². The molecule has 6 N–H and O–H groups in total. The Morgan fingerprint density at radius 1 is 1.12 bits per heavy atom. The lowest BCUT2D eigenvalue weighted by molar-refractivity contribution is -0.254. The lowest BCUT2D eigenvalue weighted by Gasteiger charge is -2.39. The highest BCUT2D eigenvalue weighted by atomic mass is 16.6. The Balaban J connectivity index is 0.981. The van der Waals surface area contributed by atoms with E-state index < -0.39 is 54.9 Å². The Bertz CT molecular complexity index is 2100. The van der Waals surface area contributed by atoms with E-state index in [2.05, 4.69) is 15.6 Å². The van der Waals surface area contributed by atoms with Crippen LogP contribution in [0, 0.1) is 0 Å². The molecule has 0 bridgehead atoms. The molecule has 6 atom stereocenters. The number of carbonyl (C=O) groups is 2. The first-order chi connectivity index (χ1) is 25.0. The van der Waals surface area contributed by atoms with Crippen LogP contribution in [0.15, 0.2) is 35.3 Å². The number of hydrogen-bond donors (Lipinski definition) is 6. The summed E-state index contributed by atoms with van der Waals surface area (Å²) in [7, 11) is 0. The topological polar surface area (TPSA) is 250 Å². The maximum atomic E-state index is 13.6. The van der Waals surface area contributed by atoms with Gasteiger partial charge in [-0.2, -0.15) is 0 Å². The van der Waals surface area contributed by atoms with Crippen LogP contribution in [0.1, 0.15) is 54.4 Å². The van der Waals surface area contributed by atoms with Crippen molar-refractivity contribution in [3.8, 4) is 17.1 Å². The van der Waals surface area contributed by atoms with Crippen LogP contribution in [0.3, 0.4) is 0 Å². The molecule has 1 fully saturated rings. The van der Waals surface area contributed by atoms with E-state index in [0.29, 0.717) is 29.0 Å². The van der Waals surface area contributed by atoms with Gasteiger partial charge in [0.2, 0.25) is 0 Å². The molecule has 18 nitrogen and oxygen atoms in total. The second-order valence-corrected chi connectivity index (χ2v) is 12.8. The molecule has 3 aliphatic heterocycles. The van der Waals surface area contributed by atoms with Crippen molar-refractivity contribution in [1.82, 2.24) is 29.9 Å². The SMILES string of the molecule is CCc1c2c(nc3ccc(OC(=O)NCCOCc4cn([C@H]5O[C@@H](CO)[C@H](O)[C@@H](O)[C@@H]5O)nn4)cc13)-c1cc3c(c(=O)n1C2)COC(=O)[C@]3(O)CC. The maximum absolute atomic E-state index is 13.6. The number of aliphatic hydroxyl groups is 5. The quantitative estimate of drug-likeness (QED) is 0.0786. The van der Waals surface area contributed by atoms with E-state index in [9.17, 15) is 39.9 Å². The molecular weight excluding hydrogens is 684 g/mol. The lowest BCUT2D eigenvalue weighted by Crippen LogP contribution is -2.56. The third kappa shape index (κ3) is 6.01. The van der Waals surface area contributed by atoms with Gasteiger partial charge in [-0.05, 0) is 42.7 Å². The Hall–Kier alpha value is -4.82. The number of hydrogen-bond acceptors (Lipinski definition) is 15. The van der Waals surface area contributed by atoms with Gasteiger partial charge >= 0.3 is 12.1 Å². The average Bonchev–Trinajstić information content (AvgIpc) is 3.76. The summed E-state index contributed by atoms with van der Waals surface area (Å²) in [4.78, 5) is 43.6. The fraction of sp³-hybridized carbons (Fsp3) is 0.471. The van der Waals surface area contributed by atoms with Gasteiger partial charge in [0.15, 0.2) is 11.8 Å². The molecule has 0 spiro atoms. The fourth-order valence-corrected chi connectivity index (χ4v) is 6.96. The summed E-state index contributed by atoms with van der Waals surface area (Å²) >= 11 is 0. The highest BCUT2D eigenvalue weighted by Crippen LogP contribution is 2.41. The normalized spacial score (nSPS) is 25.0. The molecule has 0 radical (unpaired) electrons. The van der Waals surface area contributed by atoms with Crippen molar-refractivity contribution < 1.29 is 54.1 Å². The van der Waals surface area contributed by atoms with E-state index in [1.165, 1.54) is 6.20 Å². The molecule has 3 aliphatic rings. The van der Waals surface area contributed by atoms with E-state index in [0.717, 1.165) is 21.2 Å². The number of nitrogens with zero attached hydrogens (tertiary/aromatic N) is 5. The van der Waals surface area contributed by atoms with Crippen molar-refractivity contribution in [3.05, 3.63) is 68.8 Å². The summed E-state index contributed by atoms with van der Waals surface area (Å²) in [5.41, 5.74) is 2.05. The van der Waals surface area contributed by atoms with E-state index in [1.54, 1.807) is 35.8 Å². The third-order valence-electron chi connectivity index (χ3n) is 9.79. The van der Waals surface area contributed by atoms with Crippen LogP contribution >= 0.6 is 0 Å². The summed E-state index contributed by atoms with van der Waals surface area (Å²) in [6.45, 7) is 3.28. The second kappa shape index (κ2) is 14.0. The Morgan fingerprint density at radius 2 is 1.92 bits per heavy atom. The highest BCUT2D eigenvalue weighted by Gasteiger charge is 2.46. The molecule has 0 aliphatic carbocycles. The Morgan fingerprint density at radius 3 is 2.67 bits per heavy atom. The zero-order valence-corrected chi connectivity index (χ0v) is 28.3. The largest absolute Gasteiger partial charge is 0.458 e. The van der Waals surface area contributed by atoms with Gasteiger partial charge in [0.05, 0.1) is 55.0 Å². The van der Waals surface area contributed by atoms with Gasteiger partial charge in [-0.3, -0.25) is 4.79 Å². The number of ether oxygens (including phenoxy) is 4. The van der Waals surface area contributed by atoms with Crippen molar-refractivity contribution >= 4 is 23.0 Å². The molecule has 1 amide bonds. The number of carbonyl (C=O) groups excluding carboxylic acids is 2. The van der Waals surface area contributed by atoms with Crippen LogP contribution < -0.4 is 15.6 Å². The minimum Gasteiger partial charge on any atom is -0.458 e. The van der Waals surface area contributed by atoms with Crippen molar-refractivity contribution in [3.63, 3.8) is 0 Å². The predicted molar refractivity (Wildman–Crippen MR) is 177 cm³/mol. The average molecular weight is 723 g/mol. The van der Waals surface area contributed by atoms with Crippen molar-refractivity contribution in [2.75, 3.05) is 19.8 Å². The molecule has 1 aromatic carbocycles. The predicted octanol–water partition coefficient (Wildman–Crippen LogP) is -0.489. The molecule has 3 aromatic heterocycles. The van der Waals surface area contributed by atoms with Crippen molar-refractivity contribution in [2.45, 2.75) is 82.7 Å². The smallest absolute Gasteiger partial charge is 0.412 e. The number of pyridine rings is 2. The zero-order valence-electron chi connectivity index (χ0n) is 28.3. The number of aliphatic hydroxyl groups excluding tert-OH is 4. The van der Waals surface area contributed by atoms with Gasteiger partial charge in [-0.25, -0.2) is 19.3 Å². The molecule has 52 heavy (non-hydrogen) atoms. The second-order valence-electron chi connectivity index (χ2n) is 12.8. The minimum absolute atomic E-state index is 0.0000650. The van der Waals surface area contributed by atoms with Crippen LogP contribution in [-0.4, -0.2) is 106 Å². The first-order valence-corrected chi connectivity index (χ1v) is 16.9. The Kier molecular flexibility index (Phi) is 9.55. The number of cyclic esters (lactones) is 1. The number of esters is 1. The molecule has 1 saturated heterocycles. The number of benzene rings is 1. The minimum atomic E-state index is -1.92. The monoisotopic (exact) mass is 722 g/mol. The van der Waals surface area contributed by atoms with Gasteiger partial charge in [-0.1, -0.05) is 19.1 Å². The number of amides is 1. The summed E-state index contributed by atoms with van der Waals surface area (Å²) in [6, 6.07) is 6.72. The molecule has 7 rings (SSSR count). The molecule has 4 aromatic rings. The van der Waals surface area contributed by atoms with E-state index in [-0.39, 0.29) is 61.8 Å². The number of aryl methyl sites for hydroxylation is 1. The molecule has 18 heteroatoms. The summed E-state index contributed by atoms with van der Waals surface area (Å²) < 4.78 is 24.5. The van der Waals surface area contributed by atoms with Crippen LogP contribution in [0.25, 0.3) is 22.3 Å². The standard InChI is InChI=1S/C34H38N6O12/c1-3-18-19-9-17(51-33(47)35-7-8-49-14-16-11-40(38-37-16)31-29(44)28(43)27(42)25(13-41)52-31)5-6-23(19)36-26-20(18)12-39-24(26)10-22-21(30(39)45)15-50-32(46)34(22,48)4-2/h5-6,9-11,25,27-29,31,41-44,48H,3-4,7-8,12-15H2,1-2H3,(H,35,47)/t25-,27-,28+,29-,31-,34-/m0/s1. The molecular formula is C34H38N6O12. The first kappa shape index (κ1) is 35.6.